The van der Waals surface area contributed by atoms with Crippen LogP contribution in [-0.4, -0.2) is 33.0 Å². The fourth-order valence-electron chi connectivity index (χ4n) is 1.06. The van der Waals surface area contributed by atoms with Crippen LogP contribution in [0.5, 0.6) is 0 Å². The van der Waals surface area contributed by atoms with Crippen LogP contribution in [0.2, 0.25) is 0 Å². The fourth-order valence-corrected chi connectivity index (χ4v) is 1.86. The molecule has 0 spiro atoms. The van der Waals surface area contributed by atoms with E-state index in [0.717, 1.165) is 0 Å². The molecule has 2 amide bonds. The maximum Gasteiger partial charge on any atom is 0.313 e. The molecule has 0 aliphatic heterocycles. The highest BCUT2D eigenvalue weighted by atomic mass is 32.2. The van der Waals surface area contributed by atoms with Crippen LogP contribution in [0.25, 0.3) is 0 Å². The molecule has 7 heteroatoms. The molecule has 1 aromatic carbocycles. The van der Waals surface area contributed by atoms with Crippen LogP contribution in [0.1, 0.15) is 10.4 Å². The highest BCUT2D eigenvalue weighted by Crippen LogP contribution is 2.18. The Labute approximate surface area is 102 Å². The van der Waals surface area contributed by atoms with Gasteiger partial charge < -0.3 is 21.3 Å². The second kappa shape index (κ2) is 6.24. The van der Waals surface area contributed by atoms with E-state index >= 15 is 0 Å². The maximum atomic E-state index is 11.7. The van der Waals surface area contributed by atoms with Crippen LogP contribution in [0.4, 0.5) is 4.79 Å². The highest BCUT2D eigenvalue weighted by molar-refractivity contribution is 8.14. The van der Waals surface area contributed by atoms with Crippen molar-refractivity contribution in [1.29, 1.82) is 0 Å². The number of rotatable bonds is 4. The van der Waals surface area contributed by atoms with E-state index in [1.807, 2.05) is 0 Å². The zero-order chi connectivity index (χ0) is 12.8. The molecule has 0 saturated carbocycles. The molecular weight excluding hydrogens is 244 g/mol. The van der Waals surface area contributed by atoms with Crippen molar-refractivity contribution in [1.82, 2.24) is 5.32 Å². The Kier molecular flexibility index (Phi) is 4.95. The molecule has 0 aromatic heterocycles. The normalized spacial score (nSPS) is 12.2. The first kappa shape index (κ1) is 13.5. The molecule has 0 heterocycles. The first-order valence-electron chi connectivity index (χ1n) is 4.69. The van der Waals surface area contributed by atoms with Crippen molar-refractivity contribution < 1.29 is 19.8 Å². The third-order valence-corrected chi connectivity index (χ3v) is 2.86. The van der Waals surface area contributed by atoms with Gasteiger partial charge in [0.25, 0.3) is 0 Å². The minimum absolute atomic E-state index is 0.391. The van der Waals surface area contributed by atoms with Crippen molar-refractivity contribution in [2.75, 3.05) is 0 Å². The van der Waals surface area contributed by atoms with Crippen molar-refractivity contribution in [2.45, 2.75) is 11.7 Å². The molecule has 0 bridgehead atoms. The summed E-state index contributed by atoms with van der Waals surface area (Å²) in [5, 5.41) is 18.4. The topological polar surface area (TPSA) is 113 Å². The second-order valence-electron chi connectivity index (χ2n) is 3.11. The van der Waals surface area contributed by atoms with Crippen LogP contribution in [0.3, 0.4) is 0 Å². The second-order valence-corrected chi connectivity index (χ2v) is 4.23. The molecule has 92 valence electrons. The van der Waals surface area contributed by atoms with Crippen molar-refractivity contribution in [2.24, 2.45) is 5.73 Å². The number of primary amides is 1. The Morgan fingerprint density at radius 2 is 1.82 bits per heavy atom. The Bertz CT molecular complexity index is 397. The van der Waals surface area contributed by atoms with Gasteiger partial charge in [0.1, 0.15) is 5.37 Å². The van der Waals surface area contributed by atoms with Crippen molar-refractivity contribution in [3.63, 3.8) is 0 Å². The van der Waals surface area contributed by atoms with Gasteiger partial charge in [-0.25, -0.2) is 4.79 Å². The standard InChI is InChI=1S/C10H12N2O4S/c11-10(16)12-7(8(13)14)17-9(15)6-4-2-1-3-5-6/h1-5,7-8,13-14H,(H3,11,12,16). The maximum absolute atomic E-state index is 11.7. The fraction of sp³-hybridized carbons (Fsp3) is 0.200. The van der Waals surface area contributed by atoms with Gasteiger partial charge in [-0.15, -0.1) is 0 Å². The lowest BCUT2D eigenvalue weighted by Crippen LogP contribution is -2.44. The van der Waals surface area contributed by atoms with Gasteiger partial charge in [0.05, 0.1) is 0 Å². The largest absolute Gasteiger partial charge is 0.366 e. The Morgan fingerprint density at radius 1 is 1.24 bits per heavy atom. The van der Waals surface area contributed by atoms with Crippen LogP contribution < -0.4 is 11.1 Å². The summed E-state index contributed by atoms with van der Waals surface area (Å²) in [5.74, 6) is 0. The van der Waals surface area contributed by atoms with Gasteiger partial charge in [-0.1, -0.05) is 42.1 Å². The highest BCUT2D eigenvalue weighted by Gasteiger charge is 2.23. The van der Waals surface area contributed by atoms with E-state index in [0.29, 0.717) is 17.3 Å². The Morgan fingerprint density at radius 3 is 2.29 bits per heavy atom. The lowest BCUT2D eigenvalue weighted by molar-refractivity contribution is -0.0435. The number of nitrogens with one attached hydrogen (secondary N) is 1. The number of carbonyl (C=O) groups excluding carboxylic acids is 2. The molecule has 0 saturated heterocycles. The van der Waals surface area contributed by atoms with Gasteiger partial charge >= 0.3 is 6.03 Å². The summed E-state index contributed by atoms with van der Waals surface area (Å²) in [6, 6.07) is 7.35. The summed E-state index contributed by atoms with van der Waals surface area (Å²) in [6.45, 7) is 0. The number of urea groups is 1. The Hall–Kier alpha value is -1.57. The van der Waals surface area contributed by atoms with Crippen LogP contribution in [-0.2, 0) is 0 Å². The third kappa shape index (κ3) is 4.43. The van der Waals surface area contributed by atoms with E-state index in [9.17, 15) is 9.59 Å². The molecule has 1 rings (SSSR count). The molecule has 0 aliphatic rings. The van der Waals surface area contributed by atoms with Gasteiger partial charge in [0.15, 0.2) is 6.29 Å². The van der Waals surface area contributed by atoms with E-state index in [2.05, 4.69) is 5.32 Å². The number of amides is 2. The van der Waals surface area contributed by atoms with Gasteiger partial charge in [0, 0.05) is 5.56 Å². The number of nitrogens with two attached hydrogens (primary N) is 1. The van der Waals surface area contributed by atoms with Crippen LogP contribution >= 0.6 is 11.8 Å². The predicted molar refractivity (Wildman–Crippen MR) is 63.1 cm³/mol. The number of hydrogen-bond donors (Lipinski definition) is 4. The SMILES string of the molecule is NC(=O)NC(SC(=O)c1ccccc1)C(O)O. The van der Waals surface area contributed by atoms with E-state index in [1.165, 1.54) is 0 Å². The molecule has 5 N–H and O–H groups in total. The van der Waals surface area contributed by atoms with Gasteiger partial charge in [0.2, 0.25) is 5.12 Å². The molecule has 0 fully saturated rings. The predicted octanol–water partition coefficient (Wildman–Crippen LogP) is -0.135. The molecule has 0 aliphatic carbocycles. The van der Waals surface area contributed by atoms with E-state index in [-0.39, 0.29) is 0 Å². The summed E-state index contributed by atoms with van der Waals surface area (Å²) in [5.41, 5.74) is 5.25. The molecule has 0 radical (unpaired) electrons. The number of hydrogen-bond acceptors (Lipinski definition) is 5. The first-order chi connectivity index (χ1) is 8.00. The zero-order valence-corrected chi connectivity index (χ0v) is 9.55. The van der Waals surface area contributed by atoms with Crippen LogP contribution in [0, 0.1) is 0 Å². The molecular formula is C10H12N2O4S. The summed E-state index contributed by atoms with van der Waals surface area (Å²) in [4.78, 5) is 22.3. The quantitative estimate of drug-likeness (QED) is 0.560. The first-order valence-corrected chi connectivity index (χ1v) is 5.57. The van der Waals surface area contributed by atoms with E-state index in [1.54, 1.807) is 30.3 Å². The van der Waals surface area contributed by atoms with E-state index < -0.39 is 22.8 Å². The summed E-state index contributed by atoms with van der Waals surface area (Å²) in [7, 11) is 0. The Balaban J connectivity index is 2.68. The number of benzene rings is 1. The summed E-state index contributed by atoms with van der Waals surface area (Å²) < 4.78 is 0. The third-order valence-electron chi connectivity index (χ3n) is 1.80. The van der Waals surface area contributed by atoms with Gasteiger partial charge in [-0.3, -0.25) is 4.79 Å². The molecule has 1 unspecified atom stereocenters. The minimum Gasteiger partial charge on any atom is -0.366 e. The van der Waals surface area contributed by atoms with Crippen molar-refractivity contribution in [3.8, 4) is 0 Å². The number of aliphatic hydroxyl groups excluding tert-OH is 1. The lowest BCUT2D eigenvalue weighted by atomic mass is 10.2. The van der Waals surface area contributed by atoms with E-state index in [4.69, 9.17) is 15.9 Å². The molecule has 1 atom stereocenters. The molecule has 1 aromatic rings. The summed E-state index contributed by atoms with van der Waals surface area (Å²) in [6.07, 6.45) is -1.87. The molecule has 6 nitrogen and oxygen atoms in total. The smallest absolute Gasteiger partial charge is 0.313 e. The monoisotopic (exact) mass is 256 g/mol. The van der Waals surface area contributed by atoms with Crippen molar-refractivity contribution in [3.05, 3.63) is 35.9 Å². The number of thioether (sulfide) groups is 1. The van der Waals surface area contributed by atoms with Crippen LogP contribution in [0.15, 0.2) is 30.3 Å². The lowest BCUT2D eigenvalue weighted by Gasteiger charge is -2.17. The zero-order valence-electron chi connectivity index (χ0n) is 8.74. The average molecular weight is 256 g/mol. The number of aliphatic hydroxyl groups is 2. The van der Waals surface area contributed by atoms with Gasteiger partial charge in [-0.2, -0.15) is 0 Å². The van der Waals surface area contributed by atoms with Crippen molar-refractivity contribution >= 4 is 22.9 Å². The summed E-state index contributed by atoms with van der Waals surface area (Å²) >= 11 is 0.583. The van der Waals surface area contributed by atoms with Gasteiger partial charge in [-0.05, 0) is 0 Å². The number of carbonyl (C=O) groups is 2. The average Bonchev–Trinajstić information content (AvgIpc) is 2.28. The molecule has 17 heavy (non-hydrogen) atoms. The minimum atomic E-state index is -1.87.